The summed E-state index contributed by atoms with van der Waals surface area (Å²) in [6, 6.07) is 8.61. The number of likely N-dealkylation sites (N-methyl/N-ethyl adjacent to an activating group) is 1. The molecular weight excluding hydrogens is 684 g/mol. The number of aromatic hydroxyl groups is 1. The maximum absolute atomic E-state index is 14.0. The molecule has 6 atom stereocenters. The van der Waals surface area contributed by atoms with Crippen molar-refractivity contribution in [3.63, 3.8) is 0 Å². The maximum atomic E-state index is 14.0. The Morgan fingerprint density at radius 3 is 2.15 bits per heavy atom. The molecule has 1 aliphatic heterocycles. The molecule has 0 fully saturated rings. The number of aryl methyl sites for hydroxylation is 1. The van der Waals surface area contributed by atoms with Gasteiger partial charge >= 0.3 is 0 Å². The number of nitrogens with one attached hydrogen (secondary N) is 6. The molecule has 2 bridgehead atoms. The van der Waals surface area contributed by atoms with Crippen molar-refractivity contribution in [1.29, 1.82) is 0 Å². The summed E-state index contributed by atoms with van der Waals surface area (Å²) in [6.45, 7) is 3.47. The molecule has 6 unspecified atom stereocenters. The number of phenolic OH excluding ortho intramolecular Hbond substituents is 1. The van der Waals surface area contributed by atoms with E-state index in [1.807, 2.05) is 0 Å². The Labute approximate surface area is 307 Å². The minimum atomic E-state index is -1.21. The van der Waals surface area contributed by atoms with Crippen LogP contribution in [0.2, 0.25) is 0 Å². The first kappa shape index (κ1) is 39.9. The van der Waals surface area contributed by atoms with Gasteiger partial charge in [0.1, 0.15) is 36.0 Å². The summed E-state index contributed by atoms with van der Waals surface area (Å²) in [4.78, 5) is 80.2. The van der Waals surface area contributed by atoms with E-state index in [2.05, 4.69) is 42.2 Å². The van der Waals surface area contributed by atoms with Gasteiger partial charge < -0.3 is 42.7 Å². The van der Waals surface area contributed by atoms with E-state index in [1.54, 1.807) is 67.3 Å². The number of fused-ring (bicyclic) bond motifs is 2. The highest BCUT2D eigenvalue weighted by Crippen LogP contribution is 2.13. The number of rotatable bonds is 8. The second-order valence-electron chi connectivity index (χ2n) is 13.1. The van der Waals surface area contributed by atoms with Crippen molar-refractivity contribution in [3.05, 3.63) is 77.6 Å². The molecule has 2 aromatic carbocycles. The summed E-state index contributed by atoms with van der Waals surface area (Å²) >= 11 is 0. The van der Waals surface area contributed by atoms with Gasteiger partial charge in [0.2, 0.25) is 35.4 Å². The van der Waals surface area contributed by atoms with Gasteiger partial charge in [-0.2, -0.15) is 0 Å². The van der Waals surface area contributed by atoms with E-state index < -0.39 is 71.7 Å². The molecule has 284 valence electrons. The van der Waals surface area contributed by atoms with Gasteiger partial charge in [0.05, 0.1) is 11.7 Å². The van der Waals surface area contributed by atoms with E-state index in [9.17, 15) is 33.9 Å². The molecule has 2 heterocycles. The van der Waals surface area contributed by atoms with E-state index in [0.29, 0.717) is 36.2 Å². The van der Waals surface area contributed by atoms with Gasteiger partial charge in [-0.25, -0.2) is 0 Å². The minimum absolute atomic E-state index is 0.0122. The predicted octanol–water partition coefficient (Wildman–Crippen LogP) is -1.27. The van der Waals surface area contributed by atoms with Gasteiger partial charge in [0.25, 0.3) is 0 Å². The summed E-state index contributed by atoms with van der Waals surface area (Å²) in [6.07, 6.45) is 2.82. The van der Waals surface area contributed by atoms with Crippen molar-refractivity contribution in [2.24, 2.45) is 5.73 Å². The van der Waals surface area contributed by atoms with Gasteiger partial charge in [-0.1, -0.05) is 47.7 Å². The third kappa shape index (κ3) is 12.1. The second-order valence-corrected chi connectivity index (χ2v) is 13.1. The number of nitrogens with zero attached hydrogens (tertiary/aromatic N) is 3. The summed E-state index contributed by atoms with van der Waals surface area (Å²) in [5.41, 5.74) is 7.40. The van der Waals surface area contributed by atoms with Crippen LogP contribution in [0, 0.1) is 0 Å². The van der Waals surface area contributed by atoms with Crippen LogP contribution in [0.15, 0.2) is 60.8 Å². The van der Waals surface area contributed by atoms with Crippen molar-refractivity contribution in [1.82, 2.24) is 46.9 Å². The Bertz CT molecular complexity index is 1730. The number of amides is 6. The molecule has 9 N–H and O–H groups in total. The van der Waals surface area contributed by atoms with Crippen LogP contribution in [0.4, 0.5) is 0 Å². The van der Waals surface area contributed by atoms with Crippen LogP contribution in [0.3, 0.4) is 0 Å². The first-order chi connectivity index (χ1) is 25.3. The highest BCUT2D eigenvalue weighted by atomic mass is 16.3. The average molecular weight is 733 g/mol. The molecule has 0 saturated carbocycles. The fraction of sp³-hybridized carbons (Fsp3) is 0.444. The maximum Gasteiger partial charge on any atom is 0.243 e. The molecule has 1 aliphatic rings. The Kier molecular flexibility index (Phi) is 14.4. The van der Waals surface area contributed by atoms with E-state index in [4.69, 9.17) is 5.73 Å². The Balaban J connectivity index is 1.67. The van der Waals surface area contributed by atoms with Crippen LogP contribution in [0.1, 0.15) is 49.9 Å². The SMILES string of the molecule is CNC(C)C(=O)NC1Cc2cn(nn2)CCCCC(C(N)=O)NC(=O)C(Cc2ccc(O)cc2)NC(=O)C(Cc2ccccc2)NC(=O)C(C)NC1=O. The normalized spacial score (nSPS) is 22.9. The number of benzene rings is 2. The van der Waals surface area contributed by atoms with Gasteiger partial charge in [0, 0.05) is 32.0 Å². The largest absolute Gasteiger partial charge is 0.508 e. The molecule has 3 aromatic rings. The van der Waals surface area contributed by atoms with Gasteiger partial charge in [-0.15, -0.1) is 5.10 Å². The van der Waals surface area contributed by atoms with E-state index in [0.717, 1.165) is 0 Å². The third-order valence-corrected chi connectivity index (χ3v) is 8.93. The van der Waals surface area contributed by atoms with Crippen LogP contribution in [0.5, 0.6) is 5.75 Å². The van der Waals surface area contributed by atoms with Crippen LogP contribution in [-0.4, -0.2) is 98.8 Å². The van der Waals surface area contributed by atoms with Gasteiger partial charge in [-0.3, -0.25) is 33.4 Å². The van der Waals surface area contributed by atoms with Gasteiger partial charge in [0.15, 0.2) is 0 Å². The molecule has 6 amide bonds. The quantitative estimate of drug-likeness (QED) is 0.136. The molecule has 53 heavy (non-hydrogen) atoms. The minimum Gasteiger partial charge on any atom is -0.508 e. The molecule has 0 spiro atoms. The van der Waals surface area contributed by atoms with Crippen LogP contribution < -0.4 is 37.6 Å². The zero-order valence-electron chi connectivity index (χ0n) is 30.0. The Morgan fingerprint density at radius 1 is 0.887 bits per heavy atom. The number of nitrogens with two attached hydrogens (primary N) is 1. The summed E-state index contributed by atoms with van der Waals surface area (Å²) in [5.74, 6) is -3.92. The van der Waals surface area contributed by atoms with Crippen molar-refractivity contribution >= 4 is 35.4 Å². The first-order valence-electron chi connectivity index (χ1n) is 17.5. The van der Waals surface area contributed by atoms with Crippen molar-refractivity contribution in [3.8, 4) is 5.75 Å². The lowest BCUT2D eigenvalue weighted by atomic mass is 10.0. The number of hydrogen-bond acceptors (Lipinski definition) is 10. The molecular formula is C36H48N10O7. The van der Waals surface area contributed by atoms with Crippen molar-refractivity contribution < 1.29 is 33.9 Å². The molecule has 17 nitrogen and oxygen atoms in total. The molecule has 17 heteroatoms. The summed E-state index contributed by atoms with van der Waals surface area (Å²) < 4.78 is 1.56. The topological polar surface area (TPSA) is 252 Å². The standard InChI is InChI=1S/C36H48N10O7/c1-21(38-3)32(49)42-30-19-25-20-46(45-44-25)16-8-7-11-27(31(37)48)40-35(52)29(18-24-12-14-26(47)15-13-24)43-36(53)28(17-23-9-5-4-6-10-23)41-33(50)22(2)39-34(30)51/h4-6,9-10,12-15,20-22,27-30,38,47H,7-8,11,16-19H2,1-3H3,(H2,37,48)(H,39,51)(H,40,52)(H,41,50)(H,42,49)(H,43,53). The monoisotopic (exact) mass is 732 g/mol. The molecule has 0 radical (unpaired) electrons. The number of aromatic nitrogens is 3. The number of carbonyl (C=O) groups excluding carboxylic acids is 6. The summed E-state index contributed by atoms with van der Waals surface area (Å²) in [7, 11) is 1.60. The Hall–Kier alpha value is -5.84. The summed E-state index contributed by atoms with van der Waals surface area (Å²) in [5, 5.41) is 34.4. The number of phenols is 1. The lowest BCUT2D eigenvalue weighted by Gasteiger charge is -2.26. The van der Waals surface area contributed by atoms with Crippen LogP contribution in [0.25, 0.3) is 0 Å². The van der Waals surface area contributed by atoms with Crippen LogP contribution >= 0.6 is 0 Å². The van der Waals surface area contributed by atoms with E-state index >= 15 is 0 Å². The van der Waals surface area contributed by atoms with E-state index in [-0.39, 0.29) is 31.4 Å². The second kappa shape index (κ2) is 19.1. The predicted molar refractivity (Wildman–Crippen MR) is 193 cm³/mol. The van der Waals surface area contributed by atoms with Crippen molar-refractivity contribution in [2.45, 2.75) is 95.2 Å². The molecule has 1 aromatic heterocycles. The average Bonchev–Trinajstić information content (AvgIpc) is 3.59. The fourth-order valence-electron chi connectivity index (χ4n) is 5.65. The Morgan fingerprint density at radius 2 is 1.51 bits per heavy atom. The lowest BCUT2D eigenvalue weighted by Crippen LogP contribution is -2.59. The number of hydrogen-bond donors (Lipinski definition) is 8. The van der Waals surface area contributed by atoms with Gasteiger partial charge in [-0.05, 0) is 63.4 Å². The third-order valence-electron chi connectivity index (χ3n) is 8.93. The number of carbonyl (C=O) groups is 6. The number of primary amides is 1. The first-order valence-corrected chi connectivity index (χ1v) is 17.5. The molecule has 0 aliphatic carbocycles. The zero-order valence-corrected chi connectivity index (χ0v) is 30.0. The fourth-order valence-corrected chi connectivity index (χ4v) is 5.65. The smallest absolute Gasteiger partial charge is 0.243 e. The highest BCUT2D eigenvalue weighted by Gasteiger charge is 2.32. The van der Waals surface area contributed by atoms with Crippen molar-refractivity contribution in [2.75, 3.05) is 7.05 Å². The van der Waals surface area contributed by atoms with E-state index in [1.165, 1.54) is 19.1 Å². The lowest BCUT2D eigenvalue weighted by molar-refractivity contribution is -0.134. The molecule has 0 saturated heterocycles. The zero-order chi connectivity index (χ0) is 38.5. The highest BCUT2D eigenvalue weighted by molar-refractivity contribution is 5.96. The molecule has 4 rings (SSSR count). The van der Waals surface area contributed by atoms with Crippen LogP contribution in [-0.2, 0) is 54.6 Å².